The SMILES string of the molecule is CC(C)CCNCC[C@H]1CC[C@@]2(C)C3CC[C@]4(C)C[C@@H](O)CCC4[C@@]3(C)CC[C@]12C. The van der Waals surface area contributed by atoms with Crippen molar-refractivity contribution >= 4 is 0 Å². The van der Waals surface area contributed by atoms with E-state index in [2.05, 4.69) is 46.9 Å². The van der Waals surface area contributed by atoms with Gasteiger partial charge in [-0.1, -0.05) is 41.5 Å². The topological polar surface area (TPSA) is 32.3 Å². The maximum atomic E-state index is 10.4. The lowest BCUT2D eigenvalue weighted by atomic mass is 9.37. The second-order valence-electron chi connectivity index (χ2n) is 13.5. The Kier molecular flexibility index (Phi) is 6.20. The number of hydrogen-bond acceptors (Lipinski definition) is 2. The third-order valence-corrected chi connectivity index (χ3v) is 11.7. The molecular formula is C28H51NO. The van der Waals surface area contributed by atoms with E-state index in [9.17, 15) is 5.11 Å². The molecule has 0 saturated heterocycles. The van der Waals surface area contributed by atoms with Crippen LogP contribution in [0.1, 0.15) is 112 Å². The number of fused-ring (bicyclic) bond motifs is 5. The Balaban J connectivity index is 1.48. The predicted molar refractivity (Wildman–Crippen MR) is 127 cm³/mol. The Bertz CT molecular complexity index is 618. The number of aliphatic hydroxyl groups excluding tert-OH is 1. The molecule has 2 nitrogen and oxygen atoms in total. The number of aliphatic hydroxyl groups is 1. The van der Waals surface area contributed by atoms with Gasteiger partial charge in [0.25, 0.3) is 0 Å². The largest absolute Gasteiger partial charge is 0.393 e. The monoisotopic (exact) mass is 417 g/mol. The molecule has 2 heteroatoms. The highest BCUT2D eigenvalue weighted by atomic mass is 16.3. The van der Waals surface area contributed by atoms with Gasteiger partial charge < -0.3 is 10.4 Å². The summed E-state index contributed by atoms with van der Waals surface area (Å²) in [6, 6.07) is 0. The van der Waals surface area contributed by atoms with Gasteiger partial charge in [-0.2, -0.15) is 0 Å². The minimum absolute atomic E-state index is 0.0464. The molecule has 4 rings (SSSR count). The molecule has 4 saturated carbocycles. The first-order valence-electron chi connectivity index (χ1n) is 13.4. The van der Waals surface area contributed by atoms with Gasteiger partial charge in [-0.3, -0.25) is 0 Å². The van der Waals surface area contributed by atoms with Gasteiger partial charge in [0.2, 0.25) is 0 Å². The summed E-state index contributed by atoms with van der Waals surface area (Å²) in [6.45, 7) is 17.7. The zero-order valence-corrected chi connectivity index (χ0v) is 21.0. The number of rotatable bonds is 6. The summed E-state index contributed by atoms with van der Waals surface area (Å²) in [7, 11) is 0. The standard InChI is InChI=1S/C28H51NO/c1-20(2)11-17-29-18-12-21-9-14-28(6)24-10-13-25(3)19-22(30)7-8-23(25)26(24,4)15-16-27(21,28)5/h20-24,29-30H,7-19H2,1-6H3/t21-,22+,23?,24?,25-,26-,27-,28+/m1/s1. The molecule has 0 aromatic heterocycles. The van der Waals surface area contributed by atoms with Gasteiger partial charge in [0.15, 0.2) is 0 Å². The average molecular weight is 418 g/mol. The van der Waals surface area contributed by atoms with Crippen molar-refractivity contribution in [1.29, 1.82) is 0 Å². The van der Waals surface area contributed by atoms with Crippen LogP contribution in [-0.4, -0.2) is 24.3 Å². The molecule has 0 aromatic rings. The van der Waals surface area contributed by atoms with Crippen LogP contribution in [0.2, 0.25) is 0 Å². The minimum Gasteiger partial charge on any atom is -0.393 e. The molecule has 4 aliphatic rings. The highest BCUT2D eigenvalue weighted by molar-refractivity contribution is 5.17. The zero-order valence-electron chi connectivity index (χ0n) is 21.0. The normalized spacial score (nSPS) is 50.8. The van der Waals surface area contributed by atoms with Crippen molar-refractivity contribution in [3.8, 4) is 0 Å². The van der Waals surface area contributed by atoms with Gasteiger partial charge in [0.1, 0.15) is 0 Å². The van der Waals surface area contributed by atoms with Gasteiger partial charge in [-0.15, -0.1) is 0 Å². The number of hydrogen-bond donors (Lipinski definition) is 2. The van der Waals surface area contributed by atoms with Crippen LogP contribution in [0.15, 0.2) is 0 Å². The highest BCUT2D eigenvalue weighted by Gasteiger charge is 2.68. The van der Waals surface area contributed by atoms with E-state index in [1.54, 1.807) is 0 Å². The summed E-state index contributed by atoms with van der Waals surface area (Å²) >= 11 is 0. The van der Waals surface area contributed by atoms with Gasteiger partial charge in [-0.25, -0.2) is 0 Å². The fourth-order valence-corrected chi connectivity index (χ4v) is 9.72. The van der Waals surface area contributed by atoms with E-state index in [1.165, 1.54) is 70.9 Å². The molecule has 0 heterocycles. The van der Waals surface area contributed by atoms with Gasteiger partial charge in [0, 0.05) is 0 Å². The van der Waals surface area contributed by atoms with Crippen LogP contribution in [0.4, 0.5) is 0 Å². The summed E-state index contributed by atoms with van der Waals surface area (Å²) in [5, 5.41) is 14.2. The summed E-state index contributed by atoms with van der Waals surface area (Å²) in [6.07, 6.45) is 14.5. The molecule has 0 aromatic carbocycles. The Morgan fingerprint density at radius 2 is 1.60 bits per heavy atom. The van der Waals surface area contributed by atoms with E-state index in [0.29, 0.717) is 21.7 Å². The molecule has 0 spiro atoms. The first-order valence-corrected chi connectivity index (χ1v) is 13.4. The van der Waals surface area contributed by atoms with Crippen molar-refractivity contribution < 1.29 is 5.11 Å². The third-order valence-electron chi connectivity index (χ3n) is 11.7. The molecule has 2 N–H and O–H groups in total. The first kappa shape index (κ1) is 23.1. The molecule has 4 aliphatic carbocycles. The molecule has 30 heavy (non-hydrogen) atoms. The molecule has 174 valence electrons. The highest BCUT2D eigenvalue weighted by Crippen LogP contribution is 2.75. The lowest BCUT2D eigenvalue weighted by Gasteiger charge is -2.68. The third kappa shape index (κ3) is 3.51. The summed E-state index contributed by atoms with van der Waals surface area (Å²) in [5.74, 6) is 3.42. The fraction of sp³-hybridized carbons (Fsp3) is 1.00. The molecule has 0 amide bonds. The van der Waals surface area contributed by atoms with E-state index in [1.807, 2.05) is 0 Å². The summed E-state index contributed by atoms with van der Waals surface area (Å²) < 4.78 is 0. The fourth-order valence-electron chi connectivity index (χ4n) is 9.72. The van der Waals surface area contributed by atoms with E-state index in [4.69, 9.17) is 0 Å². The molecule has 0 radical (unpaired) electrons. The lowest BCUT2D eigenvalue weighted by molar-refractivity contribution is -0.199. The molecule has 0 aliphatic heterocycles. The van der Waals surface area contributed by atoms with Gasteiger partial charge in [0.05, 0.1) is 6.10 Å². The Morgan fingerprint density at radius 3 is 2.33 bits per heavy atom. The van der Waals surface area contributed by atoms with Crippen molar-refractivity contribution in [1.82, 2.24) is 5.32 Å². The smallest absolute Gasteiger partial charge is 0.0545 e. The molecule has 0 bridgehead atoms. The molecule has 2 unspecified atom stereocenters. The Labute approximate surface area is 187 Å². The minimum atomic E-state index is -0.0464. The second-order valence-corrected chi connectivity index (χ2v) is 13.5. The van der Waals surface area contributed by atoms with Crippen LogP contribution < -0.4 is 5.32 Å². The van der Waals surface area contributed by atoms with E-state index in [-0.39, 0.29) is 6.10 Å². The predicted octanol–water partition coefficient (Wildman–Crippen LogP) is 6.81. The van der Waals surface area contributed by atoms with Crippen LogP contribution >= 0.6 is 0 Å². The zero-order chi connectivity index (χ0) is 21.8. The molecule has 8 atom stereocenters. The van der Waals surface area contributed by atoms with Crippen LogP contribution in [0, 0.1) is 45.3 Å². The van der Waals surface area contributed by atoms with Gasteiger partial charge in [-0.05, 0) is 129 Å². The second kappa shape index (κ2) is 8.05. The van der Waals surface area contributed by atoms with E-state index in [0.717, 1.165) is 36.5 Å². The van der Waals surface area contributed by atoms with Crippen molar-refractivity contribution in [2.75, 3.05) is 13.1 Å². The van der Waals surface area contributed by atoms with Crippen LogP contribution in [0.3, 0.4) is 0 Å². The Hall–Kier alpha value is -0.0800. The van der Waals surface area contributed by atoms with Crippen LogP contribution in [0.5, 0.6) is 0 Å². The first-order chi connectivity index (χ1) is 14.1. The molecular weight excluding hydrogens is 366 g/mol. The van der Waals surface area contributed by atoms with Crippen molar-refractivity contribution in [2.24, 2.45) is 45.3 Å². The quantitative estimate of drug-likeness (QED) is 0.465. The van der Waals surface area contributed by atoms with Crippen LogP contribution in [0.25, 0.3) is 0 Å². The maximum absolute atomic E-state index is 10.4. The van der Waals surface area contributed by atoms with Crippen molar-refractivity contribution in [3.63, 3.8) is 0 Å². The maximum Gasteiger partial charge on any atom is 0.0545 e. The Morgan fingerprint density at radius 1 is 0.833 bits per heavy atom. The average Bonchev–Trinajstić information content (AvgIpc) is 2.92. The van der Waals surface area contributed by atoms with Crippen molar-refractivity contribution in [2.45, 2.75) is 118 Å². The van der Waals surface area contributed by atoms with Gasteiger partial charge >= 0.3 is 0 Å². The summed E-state index contributed by atoms with van der Waals surface area (Å²) in [5.41, 5.74) is 1.91. The summed E-state index contributed by atoms with van der Waals surface area (Å²) in [4.78, 5) is 0. The van der Waals surface area contributed by atoms with Crippen molar-refractivity contribution in [3.05, 3.63) is 0 Å². The van der Waals surface area contributed by atoms with E-state index >= 15 is 0 Å². The molecule has 4 fully saturated rings. The van der Waals surface area contributed by atoms with Crippen LogP contribution in [-0.2, 0) is 0 Å². The van der Waals surface area contributed by atoms with E-state index < -0.39 is 0 Å². The number of nitrogens with one attached hydrogen (secondary N) is 1. The lowest BCUT2D eigenvalue weighted by Crippen LogP contribution is -2.61.